The Morgan fingerprint density at radius 2 is 0.849 bits per heavy atom. The van der Waals surface area contributed by atoms with E-state index in [4.69, 9.17) is 0 Å². The predicted molar refractivity (Wildman–Crippen MR) is 273 cm³/mol. The number of carbonyl (C=O) groups excluding carboxylic acids is 4. The summed E-state index contributed by atoms with van der Waals surface area (Å²) in [7, 11) is -6.67. The standard InChI is InChI=1S/C26H37N5O4S.C24H32F3N5O4S/c1-19(2)27-8-10-28(11-9-27)25(32)21-6-7-23-22(16-21)17-24(31(23)18-20-4-5-20)26(33)29-12-14-30(15-13-29)36(3,34)35;1-17(2)28-6-8-29(9-7-28)22(33)18-4-5-20-19(14-18)15-21(32(20)16-24(25,26)27)23(34)30-10-12-31(13-11-30)37(3,35)36/h6-7,16-17,19-20H,4-5,8-15,18H2,1-3H3;4-5,14-15,17H,6-13,16H2,1-3H3. The fourth-order valence-electron chi connectivity index (χ4n) is 10.3. The minimum absolute atomic E-state index is 0.0417. The average Bonchev–Trinajstić information content (AvgIpc) is 4.02. The van der Waals surface area contributed by atoms with Crippen molar-refractivity contribution < 1.29 is 49.2 Å². The van der Waals surface area contributed by atoms with Gasteiger partial charge < -0.3 is 28.7 Å². The van der Waals surface area contributed by atoms with Crippen molar-refractivity contribution in [2.24, 2.45) is 5.92 Å². The third-order valence-electron chi connectivity index (χ3n) is 14.9. The third kappa shape index (κ3) is 12.7. The minimum Gasteiger partial charge on any atom is -0.336 e. The maximum atomic E-state index is 13.6. The number of aromatic nitrogens is 2. The second-order valence-electron chi connectivity index (χ2n) is 20.6. The predicted octanol–water partition coefficient (Wildman–Crippen LogP) is 4.02. The van der Waals surface area contributed by atoms with Gasteiger partial charge in [0.1, 0.15) is 17.9 Å². The first kappa shape index (κ1) is 54.2. The zero-order chi connectivity index (χ0) is 52.7. The second-order valence-corrected chi connectivity index (χ2v) is 24.6. The molecule has 0 atom stereocenters. The van der Waals surface area contributed by atoms with Crippen molar-refractivity contribution in [1.29, 1.82) is 0 Å². The first-order chi connectivity index (χ1) is 34.4. The smallest absolute Gasteiger partial charge is 0.336 e. The highest BCUT2D eigenvalue weighted by Gasteiger charge is 2.35. The topological polar surface area (TPSA) is 172 Å². The highest BCUT2D eigenvalue weighted by Crippen LogP contribution is 2.34. The molecule has 6 heterocycles. The lowest BCUT2D eigenvalue weighted by Crippen LogP contribution is -2.50. The lowest BCUT2D eigenvalue weighted by Gasteiger charge is -2.37. The molecule has 0 bridgehead atoms. The van der Waals surface area contributed by atoms with Crippen LogP contribution in [0.25, 0.3) is 21.8 Å². The molecule has 2 aromatic heterocycles. The van der Waals surface area contributed by atoms with E-state index in [2.05, 4.69) is 42.1 Å². The number of halogens is 3. The van der Waals surface area contributed by atoms with E-state index in [1.807, 2.05) is 29.2 Å². The van der Waals surface area contributed by atoms with Crippen LogP contribution in [0.1, 0.15) is 82.2 Å². The summed E-state index contributed by atoms with van der Waals surface area (Å²) in [6.07, 6.45) is 0.0505. The Kier molecular flexibility index (Phi) is 16.1. The lowest BCUT2D eigenvalue weighted by molar-refractivity contribution is -0.140. The Morgan fingerprint density at radius 3 is 1.19 bits per heavy atom. The first-order valence-electron chi connectivity index (χ1n) is 25.2. The van der Waals surface area contributed by atoms with Crippen LogP contribution >= 0.6 is 0 Å². The van der Waals surface area contributed by atoms with Crippen LogP contribution in [0.2, 0.25) is 0 Å². The number of rotatable bonds is 11. The van der Waals surface area contributed by atoms with Crippen molar-refractivity contribution in [2.45, 2.75) is 71.9 Å². The SMILES string of the molecule is CC(C)N1CCN(C(=O)c2ccc3c(c2)cc(C(=O)N2CCN(S(C)(=O)=O)CC2)n3CC(F)(F)F)CC1.CC(C)N1CCN(C(=O)c2ccc3c(c2)cc(C(=O)N2CCN(S(C)(=O)=O)CC2)n3CC2CC2)CC1. The van der Waals surface area contributed by atoms with E-state index < -0.39 is 38.7 Å². The monoisotopic (exact) mass is 1060 g/mol. The van der Waals surface area contributed by atoms with Gasteiger partial charge in [0, 0.05) is 156 Å². The first-order valence-corrected chi connectivity index (χ1v) is 28.9. The summed E-state index contributed by atoms with van der Waals surface area (Å²) in [6, 6.07) is 14.5. The summed E-state index contributed by atoms with van der Waals surface area (Å²) in [4.78, 5) is 64.7. The molecule has 1 saturated carbocycles. The average molecular weight is 1060 g/mol. The number of fused-ring (bicyclic) bond motifs is 2. The number of sulfonamides is 2. The van der Waals surface area contributed by atoms with E-state index in [-0.39, 0.29) is 55.1 Å². The molecule has 4 aromatic rings. The fourth-order valence-corrected chi connectivity index (χ4v) is 11.9. The van der Waals surface area contributed by atoms with Crippen LogP contribution in [-0.2, 0) is 33.1 Å². The molecule has 4 amide bonds. The van der Waals surface area contributed by atoms with E-state index >= 15 is 0 Å². The van der Waals surface area contributed by atoms with Gasteiger partial charge in [0.2, 0.25) is 20.0 Å². The van der Waals surface area contributed by atoms with Crippen molar-refractivity contribution in [1.82, 2.24) is 47.1 Å². The quantitative estimate of drug-likeness (QED) is 0.214. The van der Waals surface area contributed by atoms with Crippen LogP contribution in [0.3, 0.4) is 0 Å². The molecular weight excluding hydrogens is 990 g/mol. The number of hydrogen-bond donors (Lipinski definition) is 0. The van der Waals surface area contributed by atoms with Gasteiger partial charge in [0.05, 0.1) is 12.5 Å². The van der Waals surface area contributed by atoms with Gasteiger partial charge in [-0.25, -0.2) is 16.8 Å². The maximum absolute atomic E-state index is 13.6. The van der Waals surface area contributed by atoms with E-state index in [1.54, 1.807) is 9.80 Å². The zero-order valence-corrected chi connectivity index (χ0v) is 44.3. The van der Waals surface area contributed by atoms with E-state index in [0.29, 0.717) is 79.5 Å². The molecule has 0 unspecified atom stereocenters. The van der Waals surface area contributed by atoms with Crippen LogP contribution in [0, 0.1) is 5.92 Å². The Bertz CT molecular complexity index is 2920. The van der Waals surface area contributed by atoms with Gasteiger partial charge in [0.15, 0.2) is 0 Å². The highest BCUT2D eigenvalue weighted by atomic mass is 32.2. The van der Waals surface area contributed by atoms with Gasteiger partial charge in [-0.15, -0.1) is 0 Å². The number of carbonyl (C=O) groups is 4. The minimum atomic E-state index is -4.57. The van der Waals surface area contributed by atoms with Gasteiger partial charge in [0.25, 0.3) is 23.6 Å². The van der Waals surface area contributed by atoms with E-state index in [9.17, 15) is 49.2 Å². The molecule has 73 heavy (non-hydrogen) atoms. The van der Waals surface area contributed by atoms with Crippen LogP contribution in [0.15, 0.2) is 48.5 Å². The molecule has 9 rings (SSSR count). The van der Waals surface area contributed by atoms with Gasteiger partial charge >= 0.3 is 6.18 Å². The number of piperazine rings is 4. The maximum Gasteiger partial charge on any atom is 0.406 e. The molecule has 18 nitrogen and oxygen atoms in total. The fraction of sp³-hybridized carbons (Fsp3) is 0.600. The molecule has 0 radical (unpaired) electrons. The molecule has 1 aliphatic carbocycles. The van der Waals surface area contributed by atoms with Gasteiger partial charge in [-0.05, 0) is 95.0 Å². The molecule has 23 heteroatoms. The molecule has 0 spiro atoms. The highest BCUT2D eigenvalue weighted by molar-refractivity contribution is 7.88. The van der Waals surface area contributed by atoms with Gasteiger partial charge in [-0.2, -0.15) is 21.8 Å². The molecule has 2 aromatic carbocycles. The Balaban J connectivity index is 0.000000195. The number of hydrogen-bond acceptors (Lipinski definition) is 10. The van der Waals surface area contributed by atoms with Crippen LogP contribution in [0.4, 0.5) is 13.2 Å². The summed E-state index contributed by atoms with van der Waals surface area (Å²) >= 11 is 0. The van der Waals surface area contributed by atoms with E-state index in [0.717, 1.165) is 67.5 Å². The van der Waals surface area contributed by atoms with Crippen LogP contribution in [0.5, 0.6) is 0 Å². The molecular formula is C50H69F3N10O8S2. The summed E-state index contributed by atoms with van der Waals surface area (Å²) < 4.78 is 93.4. The summed E-state index contributed by atoms with van der Waals surface area (Å²) in [6.45, 7) is 15.5. The zero-order valence-electron chi connectivity index (χ0n) is 42.7. The summed E-state index contributed by atoms with van der Waals surface area (Å²) in [5.41, 5.74) is 2.67. The van der Waals surface area contributed by atoms with Crippen LogP contribution in [-0.4, -0.2) is 223 Å². The van der Waals surface area contributed by atoms with Crippen molar-refractivity contribution in [2.75, 3.05) is 117 Å². The van der Waals surface area contributed by atoms with Crippen LogP contribution < -0.4 is 0 Å². The number of nitrogens with zero attached hydrogens (tertiary/aromatic N) is 10. The Morgan fingerprint density at radius 1 is 0.507 bits per heavy atom. The van der Waals surface area contributed by atoms with Gasteiger partial charge in [-0.1, -0.05) is 0 Å². The molecule has 0 N–H and O–H groups in total. The third-order valence-corrected chi connectivity index (χ3v) is 17.5. The normalized spacial score (nSPS) is 19.5. The molecule has 5 fully saturated rings. The van der Waals surface area contributed by atoms with Gasteiger partial charge in [-0.3, -0.25) is 29.0 Å². The molecule has 5 aliphatic rings. The Labute approximate surface area is 426 Å². The number of benzene rings is 2. The van der Waals surface area contributed by atoms with E-state index in [1.165, 1.54) is 56.9 Å². The largest absolute Gasteiger partial charge is 0.406 e. The molecule has 4 aliphatic heterocycles. The summed E-state index contributed by atoms with van der Waals surface area (Å²) in [5.74, 6) is -0.254. The van der Waals surface area contributed by atoms with Crippen molar-refractivity contribution in [3.05, 3.63) is 71.0 Å². The number of amides is 4. The second kappa shape index (κ2) is 21.6. The lowest BCUT2D eigenvalue weighted by atomic mass is 10.1. The summed E-state index contributed by atoms with van der Waals surface area (Å²) in [5, 5.41) is 1.27. The van der Waals surface area contributed by atoms with Crippen molar-refractivity contribution in [3.63, 3.8) is 0 Å². The molecule has 4 saturated heterocycles. The Hall–Kier alpha value is -5.07. The molecule has 400 valence electrons. The number of alkyl halides is 3. The van der Waals surface area contributed by atoms with Crippen molar-refractivity contribution >= 4 is 65.5 Å². The van der Waals surface area contributed by atoms with Crippen molar-refractivity contribution in [3.8, 4) is 0 Å².